The summed E-state index contributed by atoms with van der Waals surface area (Å²) in [7, 11) is 0. The number of ether oxygens (including phenoxy) is 17. The summed E-state index contributed by atoms with van der Waals surface area (Å²) in [6, 6.07) is -1.30. The first-order valence-corrected chi connectivity index (χ1v) is 34.7. The van der Waals surface area contributed by atoms with Crippen molar-refractivity contribution in [2.45, 2.75) is 273 Å². The molecule has 0 radical (unpaired) electrons. The SMILES string of the molecule is CC[C@H]1O[C@H](O[C@]2(CCl)O[C@H](Cn3cc(CO[C@@H]4OC(COC(C)=O)[C@@H](O[C@H]5OC(COC(C)=O)[C@@H](O[C@H]6OC(C)[C@@H](N(C(C)=O)[C@H]7C=C(COC(C)=O)[C@@H](C)[C@H](C)[C@H]7OC(C)=O)[C@H](C)C6C)[C@H](C)C5C)[C@H](C)C4OC(C)=O)nn3)[C@@H](C)[C@@H]2OC(C)=O)[C@H](OC(C)=O)[C@@H](OC(C)=O)[C@H]1Cl. The van der Waals surface area contributed by atoms with Crippen LogP contribution >= 0.6 is 23.2 Å². The third-order valence-corrected chi connectivity index (χ3v) is 20.7. The smallest absolute Gasteiger partial charge is 0.303 e. The predicted molar refractivity (Wildman–Crippen MR) is 343 cm³/mol. The quantitative estimate of drug-likeness (QED) is 0.0456. The van der Waals surface area contributed by atoms with Gasteiger partial charge >= 0.3 is 47.8 Å². The van der Waals surface area contributed by atoms with Gasteiger partial charge in [-0.05, 0) is 36.7 Å². The summed E-state index contributed by atoms with van der Waals surface area (Å²) in [6.07, 6.45) is -12.8. The first-order chi connectivity index (χ1) is 46.5. The number of carbonyl (C=O) groups excluding carboxylic acids is 9. The average molecular weight is 1450 g/mol. The second kappa shape index (κ2) is 35.0. The van der Waals surface area contributed by atoms with E-state index in [0.717, 1.165) is 12.5 Å². The van der Waals surface area contributed by atoms with Crippen LogP contribution in [0.5, 0.6) is 0 Å². The van der Waals surface area contributed by atoms with E-state index in [0.29, 0.717) is 6.42 Å². The average Bonchev–Trinajstić information content (AvgIpc) is 1.74. The minimum atomic E-state index is -1.94. The van der Waals surface area contributed by atoms with Crippen LogP contribution in [0.1, 0.15) is 144 Å². The van der Waals surface area contributed by atoms with Gasteiger partial charge in [-0.2, -0.15) is 0 Å². The van der Waals surface area contributed by atoms with Crippen LogP contribution in [0.25, 0.3) is 0 Å². The summed E-state index contributed by atoms with van der Waals surface area (Å²) < 4.78 is 107. The van der Waals surface area contributed by atoms with Gasteiger partial charge in [0.1, 0.15) is 49.2 Å². The van der Waals surface area contributed by atoms with E-state index in [9.17, 15) is 43.2 Å². The summed E-state index contributed by atoms with van der Waals surface area (Å²) in [5, 5.41) is 7.67. The number of halogens is 2. The van der Waals surface area contributed by atoms with Gasteiger partial charge in [0.25, 0.3) is 0 Å². The summed E-state index contributed by atoms with van der Waals surface area (Å²) in [4.78, 5) is 116. The molecular weight excluding hydrogens is 1350 g/mol. The molecule has 0 N–H and O–H groups in total. The normalized spacial score (nSPS) is 38.4. The van der Waals surface area contributed by atoms with Crippen molar-refractivity contribution in [1.29, 1.82) is 0 Å². The largest absolute Gasteiger partial charge is 0.463 e. The highest BCUT2D eigenvalue weighted by molar-refractivity contribution is 6.21. The Labute approximate surface area is 587 Å². The van der Waals surface area contributed by atoms with E-state index in [1.165, 1.54) is 60.1 Å². The highest BCUT2D eigenvalue weighted by Gasteiger charge is 2.61. The maximum atomic E-state index is 14.0. The highest BCUT2D eigenvalue weighted by Crippen LogP contribution is 2.47. The minimum absolute atomic E-state index is 0.000974. The summed E-state index contributed by atoms with van der Waals surface area (Å²) in [5.74, 6) is -11.1. The molecule has 30 nitrogen and oxygen atoms in total. The predicted octanol–water partition coefficient (Wildman–Crippen LogP) is 5.81. The first kappa shape index (κ1) is 80.6. The van der Waals surface area contributed by atoms with Crippen LogP contribution in [0.4, 0.5) is 0 Å². The molecule has 6 aliphatic rings. The van der Waals surface area contributed by atoms with Gasteiger partial charge in [-0.1, -0.05) is 73.6 Å². The molecule has 1 aromatic rings. The second-order valence-corrected chi connectivity index (χ2v) is 27.8. The molecule has 5 aliphatic heterocycles. The third kappa shape index (κ3) is 19.5. The molecule has 5 saturated heterocycles. The van der Waals surface area contributed by atoms with Gasteiger partial charge in [-0.25, -0.2) is 4.68 Å². The van der Waals surface area contributed by atoms with E-state index in [2.05, 4.69) is 10.3 Å². The molecule has 6 unspecified atom stereocenters. The number of hydrogen-bond acceptors (Lipinski definition) is 28. The summed E-state index contributed by atoms with van der Waals surface area (Å²) in [6.45, 7) is 29.3. The molecule has 0 aromatic carbocycles. The molecule has 5 fully saturated rings. The Morgan fingerprint density at radius 3 is 1.60 bits per heavy atom. The van der Waals surface area contributed by atoms with Crippen molar-refractivity contribution >= 4 is 76.9 Å². The minimum Gasteiger partial charge on any atom is -0.463 e. The fourth-order valence-corrected chi connectivity index (χ4v) is 15.0. The maximum Gasteiger partial charge on any atom is 0.303 e. The number of hydrogen-bond donors (Lipinski definition) is 0. The van der Waals surface area contributed by atoms with Crippen molar-refractivity contribution < 1.29 is 124 Å². The maximum absolute atomic E-state index is 14.0. The van der Waals surface area contributed by atoms with Gasteiger partial charge in [0, 0.05) is 91.9 Å². The highest BCUT2D eigenvalue weighted by atomic mass is 35.5. The Balaban J connectivity index is 1.07. The standard InChI is InChI=1S/C67H100Cl2N4O26/c1-20-50-54(69)60(90-44(17)80)61(91-45(18)81)66(93-50)99-67(28-68)62(92-46(19)82)35(8)51(98-67)23-72-22-48(70-71-72)25-86-65-59(89-43(16)79)36(9)58(53(95-65)27-85-41(14)77)97-64-34(7)32(5)57(52(94-64)26-84-40(13)76)96-63-33(6)30(3)55(37(10)87-63)73(38(11)74)49-21-47(24-83-39(12)75)29(2)31(4)56(49)88-42(15)78/h21-22,29-37,49-66H,20,23-28H2,1-19H3/t29-,30+,31-,32+,33?,34?,35+,36-,37?,49-,50+,51+,52?,53?,54-,55-,56+,57-,58-,59?,60-,61+,62-,63+,64+,65+,66+,67-/m0/s1. The zero-order valence-electron chi connectivity index (χ0n) is 59.9. The second-order valence-electron chi connectivity index (χ2n) is 27.0. The molecule has 0 spiro atoms. The molecule has 28 atom stereocenters. The summed E-state index contributed by atoms with van der Waals surface area (Å²) >= 11 is 13.4. The Kier molecular flexibility index (Phi) is 28.5. The van der Waals surface area contributed by atoms with Crippen molar-refractivity contribution in [2.75, 3.05) is 25.7 Å². The lowest BCUT2D eigenvalue weighted by atomic mass is 9.74. The molecule has 0 saturated carbocycles. The van der Waals surface area contributed by atoms with Crippen molar-refractivity contribution in [1.82, 2.24) is 19.9 Å². The molecule has 1 aliphatic carbocycles. The molecular formula is C67H100Cl2N4O26. The third-order valence-electron chi connectivity index (χ3n) is 19.8. The summed E-state index contributed by atoms with van der Waals surface area (Å²) in [5.41, 5.74) is 1.05. The molecule has 1 aromatic heterocycles. The van der Waals surface area contributed by atoms with Crippen molar-refractivity contribution in [2.24, 2.45) is 47.3 Å². The molecule has 32 heteroatoms. The zero-order chi connectivity index (χ0) is 73.4. The Morgan fingerprint density at radius 1 is 0.535 bits per heavy atom. The molecule has 558 valence electrons. The van der Waals surface area contributed by atoms with Crippen molar-refractivity contribution in [3.8, 4) is 0 Å². The van der Waals surface area contributed by atoms with E-state index < -0.39 is 199 Å². The van der Waals surface area contributed by atoms with Gasteiger partial charge in [0.05, 0.1) is 67.8 Å². The van der Waals surface area contributed by atoms with Crippen LogP contribution in [0.15, 0.2) is 17.8 Å². The van der Waals surface area contributed by atoms with Crippen LogP contribution in [0.3, 0.4) is 0 Å². The number of aromatic nitrogens is 3. The van der Waals surface area contributed by atoms with Crippen LogP contribution in [0.2, 0.25) is 0 Å². The van der Waals surface area contributed by atoms with E-state index in [1.54, 1.807) is 31.9 Å². The van der Waals surface area contributed by atoms with Gasteiger partial charge in [0.15, 0.2) is 43.3 Å². The Bertz CT molecular complexity index is 3030. The van der Waals surface area contributed by atoms with Crippen LogP contribution in [0, 0.1) is 47.3 Å². The lowest BCUT2D eigenvalue weighted by Gasteiger charge is -2.53. The van der Waals surface area contributed by atoms with Gasteiger partial charge in [-0.15, -0.1) is 28.3 Å². The fraction of sp³-hybridized carbons (Fsp3) is 0.806. The molecule has 99 heavy (non-hydrogen) atoms. The number of nitrogens with zero attached hydrogens (tertiary/aromatic N) is 4. The fourth-order valence-electron chi connectivity index (χ4n) is 14.2. The van der Waals surface area contributed by atoms with Crippen LogP contribution in [-0.4, -0.2) is 221 Å². The van der Waals surface area contributed by atoms with Crippen LogP contribution in [-0.2, 0) is 137 Å². The van der Waals surface area contributed by atoms with Gasteiger partial charge < -0.3 is 85.4 Å². The Morgan fingerprint density at radius 2 is 1.05 bits per heavy atom. The molecule has 6 heterocycles. The van der Waals surface area contributed by atoms with Gasteiger partial charge in [0.2, 0.25) is 18.0 Å². The molecule has 0 bridgehead atoms. The Hall–Kier alpha value is -5.67. The lowest BCUT2D eigenvalue weighted by Crippen LogP contribution is -2.64. The van der Waals surface area contributed by atoms with E-state index in [-0.39, 0.29) is 68.2 Å². The number of amides is 1. The topological polar surface area (TPSA) is 344 Å². The molecule has 1 amide bonds. The van der Waals surface area contributed by atoms with Gasteiger partial charge in [-0.3, -0.25) is 43.2 Å². The zero-order valence-corrected chi connectivity index (χ0v) is 61.4. The van der Waals surface area contributed by atoms with E-state index in [1.807, 2.05) is 54.5 Å². The number of carbonyl (C=O) groups is 9. The number of rotatable bonds is 26. The van der Waals surface area contributed by atoms with Crippen LogP contribution < -0.4 is 0 Å². The first-order valence-electron chi connectivity index (χ1n) is 33.8. The van der Waals surface area contributed by atoms with E-state index in [4.69, 9.17) is 104 Å². The molecule has 7 rings (SSSR count). The number of alkyl halides is 2. The van der Waals surface area contributed by atoms with Crippen molar-refractivity contribution in [3.05, 3.63) is 23.5 Å². The monoisotopic (exact) mass is 1450 g/mol. The lowest BCUT2D eigenvalue weighted by molar-refractivity contribution is -0.358. The van der Waals surface area contributed by atoms with Crippen molar-refractivity contribution in [3.63, 3.8) is 0 Å². The number of esters is 8. The van der Waals surface area contributed by atoms with E-state index >= 15 is 0 Å².